The minimum atomic E-state index is -0.223. The van der Waals surface area contributed by atoms with Crippen LogP contribution in [-0.2, 0) is 20.7 Å². The van der Waals surface area contributed by atoms with Crippen LogP contribution in [0.1, 0.15) is 44.1 Å². The van der Waals surface area contributed by atoms with Crippen LogP contribution in [0.15, 0.2) is 24.3 Å². The van der Waals surface area contributed by atoms with Gasteiger partial charge in [-0.25, -0.2) is 4.79 Å². The second-order valence-electron chi connectivity index (χ2n) is 7.63. The molecule has 3 amide bonds. The smallest absolute Gasteiger partial charge is 0.324 e. The molecule has 3 rings (SSSR count). The number of carbonyl (C=O) groups is 3. The van der Waals surface area contributed by atoms with Crippen molar-refractivity contribution in [2.45, 2.75) is 51.0 Å². The summed E-state index contributed by atoms with van der Waals surface area (Å²) in [5, 5.41) is 0. The lowest BCUT2D eigenvalue weighted by molar-refractivity contribution is -0.140. The molecule has 1 saturated carbocycles. The number of carbonyl (C=O) groups excluding carboxylic acids is 3. The Bertz CT molecular complexity index is 711. The number of amides is 3. The van der Waals surface area contributed by atoms with Gasteiger partial charge in [0.15, 0.2) is 0 Å². The molecule has 28 heavy (non-hydrogen) atoms. The lowest BCUT2D eigenvalue weighted by Crippen LogP contribution is -2.42. The van der Waals surface area contributed by atoms with Crippen LogP contribution in [0.4, 0.5) is 10.5 Å². The number of hydrogen-bond donors (Lipinski definition) is 1. The third-order valence-corrected chi connectivity index (χ3v) is 5.90. The molecule has 0 bridgehead atoms. The molecule has 1 aromatic carbocycles. The maximum atomic E-state index is 12.9. The van der Waals surface area contributed by atoms with Gasteiger partial charge in [0.05, 0.1) is 7.11 Å². The van der Waals surface area contributed by atoms with Crippen molar-refractivity contribution in [3.8, 4) is 0 Å². The fourth-order valence-electron chi connectivity index (χ4n) is 4.19. The van der Waals surface area contributed by atoms with E-state index in [1.807, 2.05) is 34.1 Å². The molecule has 1 saturated heterocycles. The highest BCUT2D eigenvalue weighted by Crippen LogP contribution is 2.31. The SMILES string of the molecule is COC(=O)CCCc1ccc(N2CCN(C3CCC(C(N)=O)CC3)C2=O)cc1. The molecule has 1 heterocycles. The van der Waals surface area contributed by atoms with Gasteiger partial charge in [-0.15, -0.1) is 0 Å². The van der Waals surface area contributed by atoms with Crippen molar-refractivity contribution < 1.29 is 19.1 Å². The first-order valence-electron chi connectivity index (χ1n) is 10.0. The van der Waals surface area contributed by atoms with Crippen LogP contribution in [0, 0.1) is 5.92 Å². The molecule has 1 aromatic rings. The number of nitrogens with zero attached hydrogens (tertiary/aromatic N) is 2. The lowest BCUT2D eigenvalue weighted by Gasteiger charge is -2.33. The van der Waals surface area contributed by atoms with E-state index in [1.54, 1.807) is 0 Å². The zero-order valence-electron chi connectivity index (χ0n) is 16.4. The summed E-state index contributed by atoms with van der Waals surface area (Å²) in [4.78, 5) is 39.2. The van der Waals surface area contributed by atoms with Crippen molar-refractivity contribution in [1.29, 1.82) is 0 Å². The highest BCUT2D eigenvalue weighted by Gasteiger charge is 2.37. The average molecular weight is 387 g/mol. The van der Waals surface area contributed by atoms with Crippen LogP contribution in [0.3, 0.4) is 0 Å². The summed E-state index contributed by atoms with van der Waals surface area (Å²) in [6.07, 6.45) is 5.18. The molecule has 0 atom stereocenters. The number of ether oxygens (including phenoxy) is 1. The van der Waals surface area contributed by atoms with Crippen molar-refractivity contribution in [1.82, 2.24) is 4.90 Å². The monoisotopic (exact) mass is 387 g/mol. The maximum absolute atomic E-state index is 12.9. The summed E-state index contributed by atoms with van der Waals surface area (Å²) in [7, 11) is 1.40. The molecule has 1 aliphatic heterocycles. The predicted octanol–water partition coefficient (Wildman–Crippen LogP) is 2.47. The Morgan fingerprint density at radius 1 is 1.11 bits per heavy atom. The number of aryl methyl sites for hydroxylation is 1. The molecule has 1 aliphatic carbocycles. The van der Waals surface area contributed by atoms with E-state index in [2.05, 4.69) is 4.74 Å². The summed E-state index contributed by atoms with van der Waals surface area (Å²) in [6.45, 7) is 1.39. The fraction of sp³-hybridized carbons (Fsp3) is 0.571. The number of rotatable bonds is 7. The summed E-state index contributed by atoms with van der Waals surface area (Å²) < 4.78 is 4.65. The first-order valence-corrected chi connectivity index (χ1v) is 10.0. The van der Waals surface area contributed by atoms with Crippen molar-refractivity contribution in [2.75, 3.05) is 25.1 Å². The number of primary amides is 1. The Kier molecular flexibility index (Phi) is 6.54. The van der Waals surface area contributed by atoms with Gasteiger partial charge < -0.3 is 15.4 Å². The van der Waals surface area contributed by atoms with E-state index < -0.39 is 0 Å². The van der Waals surface area contributed by atoms with Gasteiger partial charge in [0.25, 0.3) is 0 Å². The van der Waals surface area contributed by atoms with Gasteiger partial charge in [0, 0.05) is 37.2 Å². The molecule has 0 unspecified atom stereocenters. The number of benzene rings is 1. The molecule has 2 N–H and O–H groups in total. The van der Waals surface area contributed by atoms with Crippen LogP contribution in [0.2, 0.25) is 0 Å². The Morgan fingerprint density at radius 3 is 2.39 bits per heavy atom. The van der Waals surface area contributed by atoms with Gasteiger partial charge in [-0.1, -0.05) is 12.1 Å². The number of urea groups is 1. The van der Waals surface area contributed by atoms with Gasteiger partial charge in [0.1, 0.15) is 0 Å². The normalized spacial score (nSPS) is 22.4. The second kappa shape index (κ2) is 9.08. The molecule has 0 spiro atoms. The van der Waals surface area contributed by atoms with Gasteiger partial charge >= 0.3 is 12.0 Å². The zero-order valence-corrected chi connectivity index (χ0v) is 16.4. The van der Waals surface area contributed by atoms with Crippen LogP contribution in [0.25, 0.3) is 0 Å². The molecule has 0 aromatic heterocycles. The second-order valence-corrected chi connectivity index (χ2v) is 7.63. The van der Waals surface area contributed by atoms with Crippen molar-refractivity contribution >= 4 is 23.6 Å². The third kappa shape index (κ3) is 4.64. The van der Waals surface area contributed by atoms with E-state index >= 15 is 0 Å². The minimum absolute atomic E-state index is 0.0426. The molecule has 2 fully saturated rings. The van der Waals surface area contributed by atoms with Crippen LogP contribution >= 0.6 is 0 Å². The molecule has 0 radical (unpaired) electrons. The van der Waals surface area contributed by atoms with Gasteiger partial charge in [-0.2, -0.15) is 0 Å². The summed E-state index contributed by atoms with van der Waals surface area (Å²) in [6, 6.07) is 8.21. The first-order chi connectivity index (χ1) is 13.5. The standard InChI is InChI=1S/C21H29N3O4/c1-28-19(25)4-2-3-15-5-9-17(10-6-15)23-13-14-24(21(23)27)18-11-7-16(8-12-18)20(22)26/h5-6,9-10,16,18H,2-4,7-8,11-14H2,1H3,(H2,22,26). The molecule has 7 heteroatoms. The molecule has 2 aliphatic rings. The quantitative estimate of drug-likeness (QED) is 0.728. The van der Waals surface area contributed by atoms with Crippen LogP contribution in [-0.4, -0.2) is 49.0 Å². The Morgan fingerprint density at radius 2 is 1.79 bits per heavy atom. The summed E-state index contributed by atoms with van der Waals surface area (Å²) >= 11 is 0. The summed E-state index contributed by atoms with van der Waals surface area (Å²) in [5.41, 5.74) is 7.44. The Hall–Kier alpha value is -2.57. The van der Waals surface area contributed by atoms with E-state index in [4.69, 9.17) is 5.73 Å². The molecular weight excluding hydrogens is 358 g/mol. The topological polar surface area (TPSA) is 92.9 Å². The largest absolute Gasteiger partial charge is 0.469 e. The van der Waals surface area contributed by atoms with Gasteiger partial charge in [0.2, 0.25) is 5.91 Å². The van der Waals surface area contributed by atoms with E-state index in [0.717, 1.165) is 49.8 Å². The van der Waals surface area contributed by atoms with E-state index in [-0.39, 0.29) is 29.9 Å². The minimum Gasteiger partial charge on any atom is -0.469 e. The zero-order chi connectivity index (χ0) is 20.1. The van der Waals surface area contributed by atoms with Crippen molar-refractivity contribution in [3.63, 3.8) is 0 Å². The Labute approximate surface area is 165 Å². The van der Waals surface area contributed by atoms with Crippen LogP contribution in [0.5, 0.6) is 0 Å². The molecule has 7 nitrogen and oxygen atoms in total. The first kappa shape index (κ1) is 20.2. The highest BCUT2D eigenvalue weighted by molar-refractivity contribution is 5.94. The maximum Gasteiger partial charge on any atom is 0.324 e. The van der Waals surface area contributed by atoms with E-state index in [1.165, 1.54) is 7.11 Å². The summed E-state index contributed by atoms with van der Waals surface area (Å²) in [5.74, 6) is -0.458. The lowest BCUT2D eigenvalue weighted by atomic mass is 9.85. The number of anilines is 1. The molecular formula is C21H29N3O4. The number of methoxy groups -OCH3 is 1. The average Bonchev–Trinajstić information content (AvgIpc) is 3.09. The van der Waals surface area contributed by atoms with E-state index in [9.17, 15) is 14.4 Å². The van der Waals surface area contributed by atoms with E-state index in [0.29, 0.717) is 19.5 Å². The van der Waals surface area contributed by atoms with Crippen molar-refractivity contribution in [3.05, 3.63) is 29.8 Å². The fourth-order valence-corrected chi connectivity index (χ4v) is 4.19. The number of esters is 1. The third-order valence-electron chi connectivity index (χ3n) is 5.90. The highest BCUT2D eigenvalue weighted by atomic mass is 16.5. The number of hydrogen-bond acceptors (Lipinski definition) is 4. The number of nitrogens with two attached hydrogens (primary N) is 1. The predicted molar refractivity (Wildman–Crippen MR) is 106 cm³/mol. The Balaban J connectivity index is 1.53. The van der Waals surface area contributed by atoms with Gasteiger partial charge in [-0.05, 0) is 56.2 Å². The molecule has 152 valence electrons. The van der Waals surface area contributed by atoms with Crippen LogP contribution < -0.4 is 10.6 Å². The van der Waals surface area contributed by atoms with Gasteiger partial charge in [-0.3, -0.25) is 14.5 Å². The van der Waals surface area contributed by atoms with Crippen molar-refractivity contribution in [2.24, 2.45) is 11.7 Å².